The first-order valence-corrected chi connectivity index (χ1v) is 6.05. The highest BCUT2D eigenvalue weighted by Crippen LogP contribution is 2.14. The lowest BCUT2D eigenvalue weighted by Gasteiger charge is -2.03. The summed E-state index contributed by atoms with van der Waals surface area (Å²) in [5.41, 5.74) is 3.23. The maximum Gasteiger partial charge on any atom is 0.420 e. The number of aromatic nitrogens is 1. The minimum absolute atomic E-state index is 0.0227. The lowest BCUT2D eigenvalue weighted by Crippen LogP contribution is -2.14. The molecule has 0 spiro atoms. The van der Waals surface area contributed by atoms with Crippen LogP contribution in [0.4, 0.5) is 0 Å². The van der Waals surface area contributed by atoms with Crippen molar-refractivity contribution in [2.75, 3.05) is 0 Å². The predicted octanol–water partition coefficient (Wildman–Crippen LogP) is 2.14. The van der Waals surface area contributed by atoms with Gasteiger partial charge in [0.05, 0.1) is 18.7 Å². The van der Waals surface area contributed by atoms with Crippen LogP contribution in [0.1, 0.15) is 11.1 Å². The van der Waals surface area contributed by atoms with Crippen LogP contribution in [0, 0.1) is 0 Å². The SMILES string of the molecule is O=c1oc2ccccc2n1Cc1ccc(CO)cc1. The van der Waals surface area contributed by atoms with Crippen molar-refractivity contribution in [3.05, 3.63) is 70.2 Å². The molecule has 2 aromatic carbocycles. The first kappa shape index (κ1) is 11.7. The zero-order valence-electron chi connectivity index (χ0n) is 10.2. The smallest absolute Gasteiger partial charge is 0.408 e. The van der Waals surface area contributed by atoms with Gasteiger partial charge in [0.2, 0.25) is 0 Å². The van der Waals surface area contributed by atoms with Gasteiger partial charge < -0.3 is 9.52 Å². The average molecular weight is 255 g/mol. The van der Waals surface area contributed by atoms with Gasteiger partial charge in [0.15, 0.2) is 5.58 Å². The molecule has 4 nitrogen and oxygen atoms in total. The molecule has 0 saturated carbocycles. The van der Waals surface area contributed by atoms with Crippen LogP contribution < -0.4 is 5.76 Å². The van der Waals surface area contributed by atoms with E-state index in [1.165, 1.54) is 0 Å². The number of aliphatic hydroxyl groups is 1. The summed E-state index contributed by atoms with van der Waals surface area (Å²) in [6.45, 7) is 0.483. The molecule has 0 unspecified atom stereocenters. The maximum atomic E-state index is 11.8. The highest BCUT2D eigenvalue weighted by Gasteiger charge is 2.08. The highest BCUT2D eigenvalue weighted by atomic mass is 16.4. The van der Waals surface area contributed by atoms with Gasteiger partial charge in [-0.2, -0.15) is 0 Å². The van der Waals surface area contributed by atoms with Crippen LogP contribution in [-0.2, 0) is 13.2 Å². The van der Waals surface area contributed by atoms with Gasteiger partial charge in [-0.3, -0.25) is 4.57 Å². The summed E-state index contributed by atoms with van der Waals surface area (Å²) in [6.07, 6.45) is 0. The fourth-order valence-corrected chi connectivity index (χ4v) is 2.10. The molecule has 0 radical (unpaired) electrons. The van der Waals surface area contributed by atoms with E-state index in [-0.39, 0.29) is 12.4 Å². The molecule has 19 heavy (non-hydrogen) atoms. The minimum Gasteiger partial charge on any atom is -0.408 e. The minimum atomic E-state index is -0.354. The van der Waals surface area contributed by atoms with Crippen molar-refractivity contribution in [3.8, 4) is 0 Å². The molecule has 0 aliphatic rings. The predicted molar refractivity (Wildman–Crippen MR) is 71.9 cm³/mol. The molecule has 0 fully saturated rings. The largest absolute Gasteiger partial charge is 0.420 e. The molecule has 3 rings (SSSR count). The Balaban J connectivity index is 2.00. The highest BCUT2D eigenvalue weighted by molar-refractivity contribution is 5.72. The number of benzene rings is 2. The summed E-state index contributed by atoms with van der Waals surface area (Å²) < 4.78 is 6.78. The van der Waals surface area contributed by atoms with Crippen LogP contribution in [0.15, 0.2) is 57.7 Å². The van der Waals surface area contributed by atoms with Gasteiger partial charge in [-0.15, -0.1) is 0 Å². The quantitative estimate of drug-likeness (QED) is 0.780. The van der Waals surface area contributed by atoms with Crippen molar-refractivity contribution in [1.29, 1.82) is 0 Å². The average Bonchev–Trinajstić information content (AvgIpc) is 2.76. The van der Waals surface area contributed by atoms with E-state index in [4.69, 9.17) is 9.52 Å². The number of nitrogens with zero attached hydrogens (tertiary/aromatic N) is 1. The van der Waals surface area contributed by atoms with E-state index in [1.54, 1.807) is 10.6 Å². The summed E-state index contributed by atoms with van der Waals surface area (Å²) in [4.78, 5) is 11.8. The van der Waals surface area contributed by atoms with Gasteiger partial charge in [0.1, 0.15) is 0 Å². The Morgan fingerprint density at radius 1 is 1.00 bits per heavy atom. The first-order chi connectivity index (χ1) is 9.28. The summed E-state index contributed by atoms with van der Waals surface area (Å²) in [6, 6.07) is 14.9. The molecule has 1 heterocycles. The Labute approximate surface area is 109 Å². The van der Waals surface area contributed by atoms with Gasteiger partial charge in [0, 0.05) is 0 Å². The number of hydrogen-bond acceptors (Lipinski definition) is 3. The van der Waals surface area contributed by atoms with E-state index >= 15 is 0 Å². The summed E-state index contributed by atoms with van der Waals surface area (Å²) in [5, 5.41) is 9.00. The lowest BCUT2D eigenvalue weighted by atomic mass is 10.1. The Hall–Kier alpha value is -2.33. The number of fused-ring (bicyclic) bond motifs is 1. The standard InChI is InChI=1S/C15H13NO3/c17-10-12-7-5-11(6-8-12)9-16-13-3-1-2-4-14(13)19-15(16)18/h1-8,17H,9-10H2. The first-order valence-electron chi connectivity index (χ1n) is 6.05. The molecule has 0 amide bonds. The summed E-state index contributed by atoms with van der Waals surface area (Å²) in [5.74, 6) is -0.354. The second-order valence-electron chi connectivity index (χ2n) is 4.40. The van der Waals surface area contributed by atoms with Crippen LogP contribution in [0.3, 0.4) is 0 Å². The van der Waals surface area contributed by atoms with Gasteiger partial charge in [-0.1, -0.05) is 36.4 Å². The van der Waals surface area contributed by atoms with Crippen molar-refractivity contribution < 1.29 is 9.52 Å². The van der Waals surface area contributed by atoms with Crippen molar-refractivity contribution in [2.45, 2.75) is 13.2 Å². The maximum absolute atomic E-state index is 11.8. The van der Waals surface area contributed by atoms with Crippen molar-refractivity contribution in [3.63, 3.8) is 0 Å². The van der Waals surface area contributed by atoms with Crippen molar-refractivity contribution in [2.24, 2.45) is 0 Å². The fourth-order valence-electron chi connectivity index (χ4n) is 2.10. The Bertz CT molecular complexity index is 753. The van der Waals surface area contributed by atoms with Crippen LogP contribution in [0.25, 0.3) is 11.1 Å². The van der Waals surface area contributed by atoms with Crippen LogP contribution in [0.2, 0.25) is 0 Å². The van der Waals surface area contributed by atoms with Crippen molar-refractivity contribution >= 4 is 11.1 Å². The third kappa shape index (κ3) is 2.18. The van der Waals surface area contributed by atoms with Crippen LogP contribution in [-0.4, -0.2) is 9.67 Å². The van der Waals surface area contributed by atoms with E-state index in [1.807, 2.05) is 42.5 Å². The Morgan fingerprint density at radius 2 is 1.68 bits per heavy atom. The second-order valence-corrected chi connectivity index (χ2v) is 4.40. The molecule has 0 bridgehead atoms. The molecule has 1 N–H and O–H groups in total. The van der Waals surface area contributed by atoms with E-state index in [0.717, 1.165) is 16.6 Å². The van der Waals surface area contributed by atoms with E-state index in [9.17, 15) is 4.79 Å². The molecule has 0 saturated heterocycles. The topological polar surface area (TPSA) is 55.4 Å². The fraction of sp³-hybridized carbons (Fsp3) is 0.133. The Kier molecular flexibility index (Phi) is 2.93. The zero-order valence-corrected chi connectivity index (χ0v) is 10.2. The molecular weight excluding hydrogens is 242 g/mol. The molecular formula is C15H13NO3. The summed E-state index contributed by atoms with van der Waals surface area (Å²) >= 11 is 0. The number of hydrogen-bond donors (Lipinski definition) is 1. The number of oxazole rings is 1. The van der Waals surface area contributed by atoms with E-state index < -0.39 is 0 Å². The van der Waals surface area contributed by atoms with Crippen molar-refractivity contribution in [1.82, 2.24) is 4.57 Å². The number of aliphatic hydroxyl groups excluding tert-OH is 1. The third-order valence-corrected chi connectivity index (χ3v) is 3.12. The normalized spacial score (nSPS) is 11.0. The van der Waals surface area contributed by atoms with Crippen LogP contribution in [0.5, 0.6) is 0 Å². The molecule has 0 aliphatic heterocycles. The van der Waals surface area contributed by atoms with Gasteiger partial charge in [0.25, 0.3) is 0 Å². The molecule has 4 heteroatoms. The molecule has 0 aliphatic carbocycles. The van der Waals surface area contributed by atoms with Gasteiger partial charge >= 0.3 is 5.76 Å². The monoisotopic (exact) mass is 255 g/mol. The zero-order chi connectivity index (χ0) is 13.2. The number of rotatable bonds is 3. The molecule has 0 atom stereocenters. The second kappa shape index (κ2) is 4.74. The van der Waals surface area contributed by atoms with E-state index in [2.05, 4.69) is 0 Å². The molecule has 3 aromatic rings. The third-order valence-electron chi connectivity index (χ3n) is 3.12. The van der Waals surface area contributed by atoms with Gasteiger partial charge in [-0.25, -0.2) is 4.79 Å². The van der Waals surface area contributed by atoms with E-state index in [0.29, 0.717) is 12.1 Å². The van der Waals surface area contributed by atoms with Crippen LogP contribution >= 0.6 is 0 Å². The van der Waals surface area contributed by atoms with Gasteiger partial charge in [-0.05, 0) is 23.3 Å². The molecule has 1 aromatic heterocycles. The summed E-state index contributed by atoms with van der Waals surface area (Å²) in [7, 11) is 0. The Morgan fingerprint density at radius 3 is 2.42 bits per heavy atom. The lowest BCUT2D eigenvalue weighted by molar-refractivity contribution is 0.282. The molecule has 96 valence electrons. The number of para-hydroxylation sites is 2.